The zero-order chi connectivity index (χ0) is 10.2. The standard InChI is InChI=1S/C11H15NS2/c1-3-6-13-8-5-12-9-11-10(2)4-7-14-11/h1,4,7,12H,5-6,8-9H2,2H3. The van der Waals surface area contributed by atoms with E-state index in [0.29, 0.717) is 0 Å². The van der Waals surface area contributed by atoms with Gasteiger partial charge in [0.25, 0.3) is 0 Å². The Labute approximate surface area is 94.3 Å². The van der Waals surface area contributed by atoms with Crippen molar-refractivity contribution in [2.24, 2.45) is 0 Å². The Balaban J connectivity index is 2.05. The van der Waals surface area contributed by atoms with Crippen molar-refractivity contribution >= 4 is 23.1 Å². The van der Waals surface area contributed by atoms with Crippen LogP contribution in [0, 0.1) is 19.3 Å². The molecule has 1 aromatic heterocycles. The van der Waals surface area contributed by atoms with Crippen LogP contribution in [0.15, 0.2) is 11.4 Å². The molecule has 0 aliphatic heterocycles. The molecule has 14 heavy (non-hydrogen) atoms. The van der Waals surface area contributed by atoms with E-state index in [4.69, 9.17) is 6.42 Å². The van der Waals surface area contributed by atoms with Crippen LogP contribution < -0.4 is 5.32 Å². The fraction of sp³-hybridized carbons (Fsp3) is 0.455. The number of terminal acetylenes is 1. The fourth-order valence-electron chi connectivity index (χ4n) is 1.06. The van der Waals surface area contributed by atoms with Crippen molar-refractivity contribution in [1.29, 1.82) is 0 Å². The summed E-state index contributed by atoms with van der Waals surface area (Å²) in [6, 6.07) is 2.16. The third-order valence-corrected chi connectivity index (χ3v) is 3.75. The van der Waals surface area contributed by atoms with E-state index < -0.39 is 0 Å². The predicted molar refractivity (Wildman–Crippen MR) is 66.9 cm³/mol. The molecule has 0 bridgehead atoms. The van der Waals surface area contributed by atoms with Crippen molar-refractivity contribution in [3.8, 4) is 12.3 Å². The fourth-order valence-corrected chi connectivity index (χ4v) is 2.49. The summed E-state index contributed by atoms with van der Waals surface area (Å²) in [5.41, 5.74) is 1.39. The molecule has 0 saturated carbocycles. The summed E-state index contributed by atoms with van der Waals surface area (Å²) in [4.78, 5) is 1.44. The van der Waals surface area contributed by atoms with Gasteiger partial charge in [0.1, 0.15) is 0 Å². The number of aryl methyl sites for hydroxylation is 1. The average Bonchev–Trinajstić information content (AvgIpc) is 2.58. The summed E-state index contributed by atoms with van der Waals surface area (Å²) in [5, 5.41) is 5.55. The van der Waals surface area contributed by atoms with E-state index in [1.165, 1.54) is 10.4 Å². The number of thioether (sulfide) groups is 1. The number of nitrogens with one attached hydrogen (secondary N) is 1. The van der Waals surface area contributed by atoms with E-state index in [2.05, 4.69) is 29.6 Å². The quantitative estimate of drug-likeness (QED) is 0.590. The SMILES string of the molecule is C#CCSCCNCc1sccc1C. The summed E-state index contributed by atoms with van der Waals surface area (Å²) < 4.78 is 0. The first-order valence-electron chi connectivity index (χ1n) is 4.59. The van der Waals surface area contributed by atoms with Gasteiger partial charge in [-0.15, -0.1) is 29.5 Å². The number of hydrogen-bond acceptors (Lipinski definition) is 3. The summed E-state index contributed by atoms with van der Waals surface area (Å²) in [6.07, 6.45) is 5.15. The molecule has 0 aromatic carbocycles. The average molecular weight is 225 g/mol. The molecule has 3 heteroatoms. The van der Waals surface area contributed by atoms with Crippen molar-refractivity contribution in [3.63, 3.8) is 0 Å². The number of hydrogen-bond donors (Lipinski definition) is 1. The molecule has 0 amide bonds. The first-order valence-corrected chi connectivity index (χ1v) is 6.63. The maximum atomic E-state index is 5.15. The Morgan fingerprint density at radius 2 is 2.50 bits per heavy atom. The summed E-state index contributed by atoms with van der Waals surface area (Å²) in [6.45, 7) is 4.17. The van der Waals surface area contributed by atoms with Gasteiger partial charge in [0, 0.05) is 23.7 Å². The van der Waals surface area contributed by atoms with Gasteiger partial charge < -0.3 is 5.32 Å². The molecule has 0 radical (unpaired) electrons. The molecule has 0 spiro atoms. The third kappa shape index (κ3) is 4.19. The molecule has 76 valence electrons. The summed E-state index contributed by atoms with van der Waals surface area (Å²) in [5.74, 6) is 4.53. The molecule has 1 aromatic rings. The Morgan fingerprint density at radius 3 is 3.14 bits per heavy atom. The molecule has 1 rings (SSSR count). The van der Waals surface area contributed by atoms with Gasteiger partial charge in [0.05, 0.1) is 5.75 Å². The van der Waals surface area contributed by atoms with E-state index in [0.717, 1.165) is 24.6 Å². The molecule has 0 unspecified atom stereocenters. The molecule has 0 aliphatic carbocycles. The molecule has 0 atom stereocenters. The Morgan fingerprint density at radius 1 is 1.64 bits per heavy atom. The van der Waals surface area contributed by atoms with Gasteiger partial charge in [0.2, 0.25) is 0 Å². The second kappa shape index (κ2) is 6.94. The zero-order valence-corrected chi connectivity index (χ0v) is 10.0. The van der Waals surface area contributed by atoms with Crippen LogP contribution in [0.3, 0.4) is 0 Å². The van der Waals surface area contributed by atoms with Gasteiger partial charge in [-0.2, -0.15) is 0 Å². The molecule has 0 aliphatic rings. The molecule has 1 heterocycles. The number of rotatable bonds is 6. The van der Waals surface area contributed by atoms with Gasteiger partial charge in [-0.1, -0.05) is 5.92 Å². The van der Waals surface area contributed by atoms with Crippen molar-refractivity contribution in [1.82, 2.24) is 5.32 Å². The minimum absolute atomic E-state index is 0.819. The highest BCUT2D eigenvalue weighted by Gasteiger charge is 1.97. The van der Waals surface area contributed by atoms with E-state index >= 15 is 0 Å². The highest BCUT2D eigenvalue weighted by molar-refractivity contribution is 7.99. The Bertz CT molecular complexity index is 298. The Hall–Kier alpha value is -0.430. The van der Waals surface area contributed by atoms with Crippen LogP contribution >= 0.6 is 23.1 Å². The van der Waals surface area contributed by atoms with E-state index in [1.54, 1.807) is 11.8 Å². The molecular formula is C11H15NS2. The lowest BCUT2D eigenvalue weighted by Crippen LogP contribution is -2.16. The topological polar surface area (TPSA) is 12.0 Å². The lowest BCUT2D eigenvalue weighted by atomic mass is 10.3. The summed E-state index contributed by atoms with van der Waals surface area (Å²) >= 11 is 3.62. The first-order chi connectivity index (χ1) is 6.84. The second-order valence-electron chi connectivity index (χ2n) is 2.96. The van der Waals surface area contributed by atoms with Crippen molar-refractivity contribution < 1.29 is 0 Å². The minimum atomic E-state index is 0.819. The Kier molecular flexibility index (Phi) is 5.77. The third-order valence-electron chi connectivity index (χ3n) is 1.86. The van der Waals surface area contributed by atoms with Crippen LogP contribution in [0.5, 0.6) is 0 Å². The maximum absolute atomic E-state index is 5.15. The van der Waals surface area contributed by atoms with Gasteiger partial charge in [-0.25, -0.2) is 0 Å². The van der Waals surface area contributed by atoms with E-state index in [9.17, 15) is 0 Å². The lowest BCUT2D eigenvalue weighted by molar-refractivity contribution is 0.738. The normalized spacial score (nSPS) is 10.0. The molecule has 1 nitrogen and oxygen atoms in total. The van der Waals surface area contributed by atoms with Gasteiger partial charge in [-0.05, 0) is 23.9 Å². The number of thiophene rings is 1. The van der Waals surface area contributed by atoms with Gasteiger partial charge >= 0.3 is 0 Å². The summed E-state index contributed by atoms with van der Waals surface area (Å²) in [7, 11) is 0. The van der Waals surface area contributed by atoms with E-state index in [-0.39, 0.29) is 0 Å². The van der Waals surface area contributed by atoms with Crippen LogP contribution in [0.4, 0.5) is 0 Å². The smallest absolute Gasteiger partial charge is 0.0545 e. The zero-order valence-electron chi connectivity index (χ0n) is 8.38. The molecule has 0 fully saturated rings. The maximum Gasteiger partial charge on any atom is 0.0545 e. The minimum Gasteiger partial charge on any atom is -0.311 e. The van der Waals surface area contributed by atoms with Gasteiger partial charge in [0.15, 0.2) is 0 Å². The monoisotopic (exact) mass is 225 g/mol. The predicted octanol–water partition coefficient (Wildman–Crippen LogP) is 2.51. The molecular weight excluding hydrogens is 210 g/mol. The van der Waals surface area contributed by atoms with Crippen LogP contribution in [0.1, 0.15) is 10.4 Å². The molecule has 1 N–H and O–H groups in total. The van der Waals surface area contributed by atoms with Crippen molar-refractivity contribution in [2.75, 3.05) is 18.1 Å². The largest absolute Gasteiger partial charge is 0.311 e. The van der Waals surface area contributed by atoms with Crippen LogP contribution in [-0.2, 0) is 6.54 Å². The van der Waals surface area contributed by atoms with Crippen LogP contribution in [0.25, 0.3) is 0 Å². The highest BCUT2D eigenvalue weighted by atomic mass is 32.2. The van der Waals surface area contributed by atoms with Crippen LogP contribution in [-0.4, -0.2) is 18.1 Å². The van der Waals surface area contributed by atoms with E-state index in [1.807, 2.05) is 11.3 Å². The second-order valence-corrected chi connectivity index (χ2v) is 5.07. The van der Waals surface area contributed by atoms with Crippen LogP contribution in [0.2, 0.25) is 0 Å². The van der Waals surface area contributed by atoms with Gasteiger partial charge in [-0.3, -0.25) is 0 Å². The lowest BCUT2D eigenvalue weighted by Gasteiger charge is -2.02. The van der Waals surface area contributed by atoms with Crippen molar-refractivity contribution in [3.05, 3.63) is 21.9 Å². The van der Waals surface area contributed by atoms with Crippen molar-refractivity contribution in [2.45, 2.75) is 13.5 Å². The highest BCUT2D eigenvalue weighted by Crippen LogP contribution is 2.14. The molecule has 0 saturated heterocycles. The first kappa shape index (κ1) is 11.6.